The van der Waals surface area contributed by atoms with Crippen LogP contribution in [0.2, 0.25) is 0 Å². The topological polar surface area (TPSA) is 84.9 Å². The third-order valence-corrected chi connectivity index (χ3v) is 8.02. The first-order chi connectivity index (χ1) is 17.0. The second-order valence-corrected chi connectivity index (χ2v) is 10.3. The molecule has 2 unspecified atom stereocenters. The normalized spacial score (nSPS) is 20.0. The Morgan fingerprint density at radius 2 is 1.97 bits per heavy atom. The van der Waals surface area contributed by atoms with E-state index in [2.05, 4.69) is 9.62 Å². The summed E-state index contributed by atoms with van der Waals surface area (Å²) < 4.78 is 81.5. The number of nitrogens with zero attached hydrogens (tertiary/aromatic N) is 1. The maximum atomic E-state index is 14.1. The van der Waals surface area contributed by atoms with Crippen molar-refractivity contribution < 1.29 is 35.9 Å². The number of esters is 1. The molecule has 1 aliphatic heterocycles. The molecule has 4 rings (SSSR count). The SMILES string of the molecule is CCN(CC)CC=Cc1cc(F)ccc1S(=O)(=O)Nc1ccc2c(c1C(=O)OC)OCC1C2C1(F)F. The van der Waals surface area contributed by atoms with Crippen LogP contribution in [0.4, 0.5) is 18.9 Å². The Bertz CT molecular complexity index is 1310. The minimum Gasteiger partial charge on any atom is -0.492 e. The van der Waals surface area contributed by atoms with E-state index in [-0.39, 0.29) is 39.6 Å². The number of ether oxygens (including phenoxy) is 2. The minimum atomic E-state index is -4.33. The summed E-state index contributed by atoms with van der Waals surface area (Å²) in [6.45, 7) is 5.81. The van der Waals surface area contributed by atoms with Crippen LogP contribution >= 0.6 is 0 Å². The van der Waals surface area contributed by atoms with Gasteiger partial charge in [-0.15, -0.1) is 0 Å². The number of hydrogen-bond donors (Lipinski definition) is 1. The lowest BCUT2D eigenvalue weighted by molar-refractivity contribution is 0.0595. The van der Waals surface area contributed by atoms with Gasteiger partial charge in [0, 0.05) is 12.1 Å². The Morgan fingerprint density at radius 1 is 1.25 bits per heavy atom. The molecule has 7 nitrogen and oxygen atoms in total. The van der Waals surface area contributed by atoms with Crippen LogP contribution < -0.4 is 9.46 Å². The molecular weight excluding hydrogens is 497 g/mol. The van der Waals surface area contributed by atoms with Crippen LogP contribution in [0.25, 0.3) is 6.08 Å². The smallest absolute Gasteiger partial charge is 0.343 e. The highest BCUT2D eigenvalue weighted by atomic mass is 32.2. The highest BCUT2D eigenvalue weighted by Gasteiger charge is 2.71. The second kappa shape index (κ2) is 9.78. The number of rotatable bonds is 9. The Kier molecular flexibility index (Phi) is 7.07. The first kappa shape index (κ1) is 26.0. The van der Waals surface area contributed by atoms with Gasteiger partial charge in [0.25, 0.3) is 15.9 Å². The van der Waals surface area contributed by atoms with Crippen LogP contribution in [0.15, 0.2) is 41.3 Å². The van der Waals surface area contributed by atoms with E-state index in [1.54, 1.807) is 6.08 Å². The number of halogens is 3. The van der Waals surface area contributed by atoms with Crippen LogP contribution in [0.3, 0.4) is 0 Å². The van der Waals surface area contributed by atoms with Crippen molar-refractivity contribution in [3.63, 3.8) is 0 Å². The van der Waals surface area contributed by atoms with Gasteiger partial charge >= 0.3 is 5.97 Å². The molecule has 1 N–H and O–H groups in total. The summed E-state index contributed by atoms with van der Waals surface area (Å²) in [5, 5.41) is 0. The minimum absolute atomic E-state index is 0.115. The summed E-state index contributed by atoms with van der Waals surface area (Å²) in [6.07, 6.45) is 3.25. The molecule has 1 saturated carbocycles. The third kappa shape index (κ3) is 4.69. The van der Waals surface area contributed by atoms with E-state index in [0.717, 1.165) is 38.4 Å². The molecule has 0 aromatic heterocycles. The van der Waals surface area contributed by atoms with Crippen molar-refractivity contribution in [2.24, 2.45) is 5.92 Å². The number of carbonyl (C=O) groups excluding carboxylic acids is 1. The molecule has 194 valence electrons. The average molecular weight is 525 g/mol. The predicted octanol–water partition coefficient (Wildman–Crippen LogP) is 4.51. The molecule has 2 aromatic rings. The maximum absolute atomic E-state index is 14.1. The summed E-state index contributed by atoms with van der Waals surface area (Å²) in [5.74, 6) is -6.73. The van der Waals surface area contributed by atoms with E-state index in [4.69, 9.17) is 9.47 Å². The van der Waals surface area contributed by atoms with Crippen molar-refractivity contribution in [3.05, 3.63) is 58.9 Å². The van der Waals surface area contributed by atoms with Crippen LogP contribution in [-0.4, -0.2) is 58.6 Å². The van der Waals surface area contributed by atoms with Crippen molar-refractivity contribution in [1.82, 2.24) is 4.90 Å². The number of fused-ring (bicyclic) bond motifs is 3. The van der Waals surface area contributed by atoms with Gasteiger partial charge in [0.05, 0.1) is 36.1 Å². The molecule has 2 aromatic carbocycles. The van der Waals surface area contributed by atoms with Gasteiger partial charge in [-0.05, 0) is 42.9 Å². The monoisotopic (exact) mass is 524 g/mol. The quantitative estimate of drug-likeness (QED) is 0.486. The van der Waals surface area contributed by atoms with Gasteiger partial charge in [-0.2, -0.15) is 0 Å². The molecule has 2 aliphatic rings. The number of hydrogen-bond acceptors (Lipinski definition) is 6. The van der Waals surface area contributed by atoms with Gasteiger partial charge in [0.15, 0.2) is 0 Å². The van der Waals surface area contributed by atoms with Crippen molar-refractivity contribution in [1.29, 1.82) is 0 Å². The second-order valence-electron chi connectivity index (χ2n) is 8.64. The lowest BCUT2D eigenvalue weighted by Gasteiger charge is -2.21. The first-order valence-corrected chi connectivity index (χ1v) is 13.0. The lowest BCUT2D eigenvalue weighted by atomic mass is 10.0. The van der Waals surface area contributed by atoms with Crippen LogP contribution in [-0.2, 0) is 14.8 Å². The van der Waals surface area contributed by atoms with Gasteiger partial charge in [-0.1, -0.05) is 32.1 Å². The summed E-state index contributed by atoms with van der Waals surface area (Å²) in [5.41, 5.74) is -0.240. The molecule has 0 spiro atoms. The van der Waals surface area contributed by atoms with Gasteiger partial charge < -0.3 is 14.4 Å². The Labute approximate surface area is 207 Å². The molecule has 2 atom stereocenters. The van der Waals surface area contributed by atoms with Gasteiger partial charge in [-0.3, -0.25) is 4.72 Å². The Morgan fingerprint density at radius 3 is 2.64 bits per heavy atom. The van der Waals surface area contributed by atoms with Gasteiger partial charge in [0.1, 0.15) is 17.1 Å². The number of alkyl halides is 2. The number of anilines is 1. The predicted molar refractivity (Wildman–Crippen MR) is 128 cm³/mol. The van der Waals surface area contributed by atoms with Crippen LogP contribution in [0.1, 0.15) is 41.3 Å². The van der Waals surface area contributed by atoms with E-state index in [1.165, 1.54) is 18.2 Å². The zero-order chi connectivity index (χ0) is 26.3. The highest BCUT2D eigenvalue weighted by Crippen LogP contribution is 2.65. The number of likely N-dealkylation sites (N-methyl/N-ethyl adjacent to an activating group) is 1. The molecule has 1 heterocycles. The molecule has 0 saturated heterocycles. The largest absolute Gasteiger partial charge is 0.492 e. The summed E-state index contributed by atoms with van der Waals surface area (Å²) in [6, 6.07) is 5.80. The fourth-order valence-corrected chi connectivity index (χ4v) is 5.74. The molecule has 1 aliphatic carbocycles. The summed E-state index contributed by atoms with van der Waals surface area (Å²) in [4.78, 5) is 14.5. The van der Waals surface area contributed by atoms with E-state index in [1.807, 2.05) is 13.8 Å². The molecule has 11 heteroatoms. The lowest BCUT2D eigenvalue weighted by Crippen LogP contribution is -2.22. The van der Waals surface area contributed by atoms with Gasteiger partial charge in [0.2, 0.25) is 0 Å². The van der Waals surface area contributed by atoms with E-state index in [9.17, 15) is 26.4 Å². The highest BCUT2D eigenvalue weighted by molar-refractivity contribution is 7.92. The number of carbonyl (C=O) groups is 1. The number of benzene rings is 2. The van der Waals surface area contributed by atoms with Crippen LogP contribution in [0, 0.1) is 11.7 Å². The van der Waals surface area contributed by atoms with Crippen molar-refractivity contribution in [3.8, 4) is 5.75 Å². The fourth-order valence-electron chi connectivity index (χ4n) is 4.49. The zero-order valence-corrected chi connectivity index (χ0v) is 20.9. The van der Waals surface area contributed by atoms with E-state index >= 15 is 0 Å². The van der Waals surface area contributed by atoms with Crippen molar-refractivity contribution in [2.75, 3.05) is 38.1 Å². The van der Waals surface area contributed by atoms with Crippen molar-refractivity contribution >= 4 is 27.8 Å². The summed E-state index contributed by atoms with van der Waals surface area (Å²) in [7, 11) is -3.24. The maximum Gasteiger partial charge on any atom is 0.343 e. The molecule has 0 bridgehead atoms. The first-order valence-electron chi connectivity index (χ1n) is 11.5. The number of nitrogens with one attached hydrogen (secondary N) is 1. The van der Waals surface area contributed by atoms with E-state index in [0.29, 0.717) is 6.54 Å². The van der Waals surface area contributed by atoms with Crippen LogP contribution in [0.5, 0.6) is 5.75 Å². The van der Waals surface area contributed by atoms with E-state index < -0.39 is 39.6 Å². The van der Waals surface area contributed by atoms with Crippen molar-refractivity contribution in [2.45, 2.75) is 30.6 Å². The number of methoxy groups -OCH3 is 1. The molecule has 0 amide bonds. The third-order valence-electron chi connectivity index (χ3n) is 6.58. The Balaban J connectivity index is 1.71. The average Bonchev–Trinajstić information content (AvgIpc) is 3.41. The molecule has 36 heavy (non-hydrogen) atoms. The molecular formula is C25H27F3N2O5S. The molecule has 0 radical (unpaired) electrons. The zero-order valence-electron chi connectivity index (χ0n) is 20.1. The standard InChI is InChI=1S/C25H27F3N2O5S/c1-4-30(5-2)12-6-7-15-13-16(26)8-11-20(15)36(32,33)29-19-10-9-17-22-18(25(22,27)28)14-35-23(17)21(19)24(31)34-3/h6-11,13,18,22,29H,4-5,12,14H2,1-3H3. The molecule has 1 fully saturated rings. The Hall–Kier alpha value is -3.05. The summed E-state index contributed by atoms with van der Waals surface area (Å²) >= 11 is 0. The fraction of sp³-hybridized carbons (Fsp3) is 0.400. The number of sulfonamides is 1. The van der Waals surface area contributed by atoms with Gasteiger partial charge in [-0.25, -0.2) is 26.4 Å².